The summed E-state index contributed by atoms with van der Waals surface area (Å²) in [6.45, 7) is 3.72. The van der Waals surface area contributed by atoms with Crippen LogP contribution in [0, 0.1) is 6.92 Å². The van der Waals surface area contributed by atoms with E-state index in [9.17, 15) is 0 Å². The van der Waals surface area contributed by atoms with E-state index in [4.69, 9.17) is 10.8 Å². The highest BCUT2D eigenvalue weighted by atomic mass is 16.3. The summed E-state index contributed by atoms with van der Waals surface area (Å²) in [5, 5.41) is 12.3. The number of aryl methyl sites for hydroxylation is 1. The zero-order valence-corrected chi connectivity index (χ0v) is 8.59. The lowest BCUT2D eigenvalue weighted by Gasteiger charge is -2.10. The standard InChI is InChI=1S/C11H18N2O/c1-9-3-4-10(8-14)7-11(9)13-6-2-5-12/h3-4,7,13-14H,2,5-6,8,12H2,1H3. The van der Waals surface area contributed by atoms with Crippen LogP contribution in [0.15, 0.2) is 18.2 Å². The smallest absolute Gasteiger partial charge is 0.0682 e. The predicted octanol–water partition coefficient (Wildman–Crippen LogP) is 1.25. The number of nitrogens with two attached hydrogens (primary N) is 1. The summed E-state index contributed by atoms with van der Waals surface area (Å²) in [5.74, 6) is 0. The summed E-state index contributed by atoms with van der Waals surface area (Å²) in [6, 6.07) is 5.92. The van der Waals surface area contributed by atoms with E-state index in [-0.39, 0.29) is 6.61 Å². The normalized spacial score (nSPS) is 10.2. The van der Waals surface area contributed by atoms with E-state index in [0.29, 0.717) is 6.54 Å². The number of benzene rings is 1. The molecule has 0 bridgehead atoms. The number of rotatable bonds is 5. The van der Waals surface area contributed by atoms with Crippen molar-refractivity contribution in [3.8, 4) is 0 Å². The predicted molar refractivity (Wildman–Crippen MR) is 59.3 cm³/mol. The van der Waals surface area contributed by atoms with E-state index < -0.39 is 0 Å². The maximum absolute atomic E-state index is 8.98. The lowest BCUT2D eigenvalue weighted by molar-refractivity contribution is 0.282. The van der Waals surface area contributed by atoms with Crippen molar-refractivity contribution in [3.63, 3.8) is 0 Å². The molecule has 3 nitrogen and oxygen atoms in total. The van der Waals surface area contributed by atoms with E-state index >= 15 is 0 Å². The molecule has 14 heavy (non-hydrogen) atoms. The first-order chi connectivity index (χ1) is 6.77. The number of anilines is 1. The van der Waals surface area contributed by atoms with Crippen molar-refractivity contribution in [1.29, 1.82) is 0 Å². The minimum atomic E-state index is 0.0891. The molecule has 0 atom stereocenters. The molecule has 0 unspecified atom stereocenters. The number of nitrogens with one attached hydrogen (secondary N) is 1. The Balaban J connectivity index is 2.64. The first-order valence-corrected chi connectivity index (χ1v) is 4.92. The van der Waals surface area contributed by atoms with Crippen molar-refractivity contribution < 1.29 is 5.11 Å². The van der Waals surface area contributed by atoms with Crippen molar-refractivity contribution in [2.45, 2.75) is 20.0 Å². The molecule has 0 aliphatic carbocycles. The van der Waals surface area contributed by atoms with Gasteiger partial charge in [0, 0.05) is 12.2 Å². The molecule has 0 saturated carbocycles. The van der Waals surface area contributed by atoms with E-state index in [2.05, 4.69) is 5.32 Å². The maximum atomic E-state index is 8.98. The van der Waals surface area contributed by atoms with Gasteiger partial charge in [-0.15, -0.1) is 0 Å². The van der Waals surface area contributed by atoms with Gasteiger partial charge in [-0.3, -0.25) is 0 Å². The summed E-state index contributed by atoms with van der Waals surface area (Å²) in [5.41, 5.74) is 8.62. The summed E-state index contributed by atoms with van der Waals surface area (Å²) in [4.78, 5) is 0. The number of aliphatic hydroxyl groups excluding tert-OH is 1. The van der Waals surface area contributed by atoms with Crippen LogP contribution >= 0.6 is 0 Å². The van der Waals surface area contributed by atoms with Gasteiger partial charge in [-0.05, 0) is 37.1 Å². The van der Waals surface area contributed by atoms with Crippen LogP contribution in [-0.4, -0.2) is 18.2 Å². The van der Waals surface area contributed by atoms with Crippen LogP contribution in [-0.2, 0) is 6.61 Å². The van der Waals surface area contributed by atoms with Gasteiger partial charge in [-0.2, -0.15) is 0 Å². The number of hydrogen-bond donors (Lipinski definition) is 3. The quantitative estimate of drug-likeness (QED) is 0.618. The molecular formula is C11H18N2O. The van der Waals surface area contributed by atoms with Crippen LogP contribution < -0.4 is 11.1 Å². The molecule has 4 N–H and O–H groups in total. The average Bonchev–Trinajstić information content (AvgIpc) is 2.21. The molecule has 3 heteroatoms. The van der Waals surface area contributed by atoms with Gasteiger partial charge in [0.1, 0.15) is 0 Å². The van der Waals surface area contributed by atoms with Gasteiger partial charge in [0.15, 0.2) is 0 Å². The van der Waals surface area contributed by atoms with Crippen LogP contribution in [0.2, 0.25) is 0 Å². The zero-order valence-electron chi connectivity index (χ0n) is 8.59. The highest BCUT2D eigenvalue weighted by Gasteiger charge is 1.98. The lowest BCUT2D eigenvalue weighted by Crippen LogP contribution is -2.09. The second kappa shape index (κ2) is 5.62. The highest BCUT2D eigenvalue weighted by molar-refractivity contribution is 5.52. The molecule has 0 aliphatic heterocycles. The first-order valence-electron chi connectivity index (χ1n) is 4.92. The Morgan fingerprint density at radius 1 is 1.43 bits per heavy atom. The van der Waals surface area contributed by atoms with Crippen molar-refractivity contribution in [1.82, 2.24) is 0 Å². The molecule has 1 rings (SSSR count). The Kier molecular flexibility index (Phi) is 4.43. The summed E-state index contributed by atoms with van der Waals surface area (Å²) < 4.78 is 0. The van der Waals surface area contributed by atoms with Crippen LogP contribution in [0.3, 0.4) is 0 Å². The van der Waals surface area contributed by atoms with Gasteiger partial charge in [-0.25, -0.2) is 0 Å². The fourth-order valence-corrected chi connectivity index (χ4v) is 1.28. The van der Waals surface area contributed by atoms with E-state index in [1.54, 1.807) is 0 Å². The fourth-order valence-electron chi connectivity index (χ4n) is 1.28. The van der Waals surface area contributed by atoms with Gasteiger partial charge in [0.05, 0.1) is 6.61 Å². The fraction of sp³-hybridized carbons (Fsp3) is 0.455. The molecule has 0 aliphatic rings. The van der Waals surface area contributed by atoms with Crippen molar-refractivity contribution in [2.75, 3.05) is 18.4 Å². The van der Waals surface area contributed by atoms with Crippen LogP contribution in [0.1, 0.15) is 17.5 Å². The molecule has 0 fully saturated rings. The first kappa shape index (κ1) is 11.0. The van der Waals surface area contributed by atoms with Gasteiger partial charge in [-0.1, -0.05) is 12.1 Å². The Morgan fingerprint density at radius 2 is 2.21 bits per heavy atom. The molecule has 0 amide bonds. The van der Waals surface area contributed by atoms with E-state index in [0.717, 1.165) is 24.2 Å². The summed E-state index contributed by atoms with van der Waals surface area (Å²) in [6.07, 6.45) is 0.961. The zero-order chi connectivity index (χ0) is 10.4. The molecule has 1 aromatic carbocycles. The van der Waals surface area contributed by atoms with Gasteiger partial charge in [0.2, 0.25) is 0 Å². The Morgan fingerprint density at radius 3 is 2.86 bits per heavy atom. The van der Waals surface area contributed by atoms with Gasteiger partial charge in [0.25, 0.3) is 0 Å². The van der Waals surface area contributed by atoms with Crippen LogP contribution in [0.5, 0.6) is 0 Å². The van der Waals surface area contributed by atoms with Gasteiger partial charge < -0.3 is 16.2 Å². The minimum absolute atomic E-state index is 0.0891. The molecule has 0 heterocycles. The topological polar surface area (TPSA) is 58.3 Å². The number of aliphatic hydroxyl groups is 1. The Bertz CT molecular complexity index is 287. The molecule has 0 aromatic heterocycles. The monoisotopic (exact) mass is 194 g/mol. The third kappa shape index (κ3) is 3.01. The minimum Gasteiger partial charge on any atom is -0.392 e. The largest absolute Gasteiger partial charge is 0.392 e. The number of hydrogen-bond acceptors (Lipinski definition) is 3. The molecule has 78 valence electrons. The van der Waals surface area contributed by atoms with Crippen molar-refractivity contribution >= 4 is 5.69 Å². The summed E-state index contributed by atoms with van der Waals surface area (Å²) in [7, 11) is 0. The Labute approximate surface area is 84.9 Å². The second-order valence-electron chi connectivity index (χ2n) is 3.38. The SMILES string of the molecule is Cc1ccc(CO)cc1NCCCN. The van der Waals surface area contributed by atoms with Crippen molar-refractivity contribution in [3.05, 3.63) is 29.3 Å². The third-order valence-electron chi connectivity index (χ3n) is 2.18. The molecule has 0 radical (unpaired) electrons. The van der Waals surface area contributed by atoms with E-state index in [1.165, 1.54) is 5.56 Å². The van der Waals surface area contributed by atoms with E-state index in [1.807, 2.05) is 25.1 Å². The van der Waals surface area contributed by atoms with Crippen molar-refractivity contribution in [2.24, 2.45) is 5.73 Å². The average molecular weight is 194 g/mol. The lowest BCUT2D eigenvalue weighted by atomic mass is 10.1. The summed E-state index contributed by atoms with van der Waals surface area (Å²) >= 11 is 0. The highest BCUT2D eigenvalue weighted by Crippen LogP contribution is 2.16. The molecule has 0 spiro atoms. The maximum Gasteiger partial charge on any atom is 0.0682 e. The Hall–Kier alpha value is -1.06. The van der Waals surface area contributed by atoms with Gasteiger partial charge >= 0.3 is 0 Å². The van der Waals surface area contributed by atoms with Crippen LogP contribution in [0.4, 0.5) is 5.69 Å². The molecule has 1 aromatic rings. The second-order valence-corrected chi connectivity index (χ2v) is 3.38. The molecular weight excluding hydrogens is 176 g/mol. The third-order valence-corrected chi connectivity index (χ3v) is 2.18. The van der Waals surface area contributed by atoms with Crippen LogP contribution in [0.25, 0.3) is 0 Å². The molecule has 0 saturated heterocycles.